The molecule has 0 saturated carbocycles. The Balaban J connectivity index is 2.24. The van der Waals surface area contributed by atoms with Crippen LogP contribution in [0.1, 0.15) is 12.8 Å². The van der Waals surface area contributed by atoms with E-state index in [1.165, 1.54) is 17.9 Å². The Hall–Kier alpha value is -1.70. The molecule has 0 aromatic carbocycles. The van der Waals surface area contributed by atoms with Crippen LogP contribution in [0.5, 0.6) is 0 Å². The summed E-state index contributed by atoms with van der Waals surface area (Å²) in [7, 11) is -2.53. The molecule has 0 fully saturated rings. The first-order valence-electron chi connectivity index (χ1n) is 5.99. The lowest BCUT2D eigenvalue weighted by Gasteiger charge is -2.08. The van der Waals surface area contributed by atoms with Gasteiger partial charge in [-0.25, -0.2) is 9.78 Å². The first kappa shape index (κ1) is 14.7. The minimum atomic E-state index is -4.04. The van der Waals surface area contributed by atoms with Gasteiger partial charge in [-0.05, 0) is 12.8 Å². The summed E-state index contributed by atoms with van der Waals surface area (Å²) >= 11 is 0. The number of aromatic amines is 1. The summed E-state index contributed by atoms with van der Waals surface area (Å²) in [5, 5.41) is 0. The van der Waals surface area contributed by atoms with E-state index in [-0.39, 0.29) is 30.3 Å². The normalized spacial score (nSPS) is 12.2. The van der Waals surface area contributed by atoms with Gasteiger partial charge >= 0.3 is 13.3 Å². The van der Waals surface area contributed by atoms with Crippen molar-refractivity contribution in [3.63, 3.8) is 0 Å². The Kier molecular flexibility index (Phi) is 3.94. The van der Waals surface area contributed by atoms with Crippen molar-refractivity contribution >= 4 is 18.8 Å². The lowest BCUT2D eigenvalue weighted by molar-refractivity contribution is 0.370. The number of rotatable bonds is 5. The molecule has 0 aliphatic carbocycles. The van der Waals surface area contributed by atoms with Gasteiger partial charge in [0.2, 0.25) is 0 Å². The van der Waals surface area contributed by atoms with Crippen molar-refractivity contribution in [2.45, 2.75) is 19.4 Å². The summed E-state index contributed by atoms with van der Waals surface area (Å²) in [4.78, 5) is 48.2. The summed E-state index contributed by atoms with van der Waals surface area (Å²) in [5.41, 5.74) is -0.448. The van der Waals surface area contributed by atoms with Gasteiger partial charge in [0.15, 0.2) is 5.65 Å². The highest BCUT2D eigenvalue weighted by Gasteiger charge is 2.14. The summed E-state index contributed by atoms with van der Waals surface area (Å²) in [6, 6.07) is 0. The van der Waals surface area contributed by atoms with Crippen LogP contribution in [0.15, 0.2) is 15.9 Å². The number of nitrogens with one attached hydrogen (secondary N) is 1. The molecule has 9 nitrogen and oxygen atoms in total. The topological polar surface area (TPSA) is 130 Å². The summed E-state index contributed by atoms with van der Waals surface area (Å²) in [5.74, 6) is 0. The van der Waals surface area contributed by atoms with Crippen molar-refractivity contribution in [3.05, 3.63) is 27.2 Å². The highest BCUT2D eigenvalue weighted by molar-refractivity contribution is 7.51. The van der Waals surface area contributed by atoms with E-state index in [1.54, 1.807) is 0 Å². The average molecular weight is 302 g/mol. The quantitative estimate of drug-likeness (QED) is 0.498. The van der Waals surface area contributed by atoms with Gasteiger partial charge in [0, 0.05) is 19.8 Å². The summed E-state index contributed by atoms with van der Waals surface area (Å²) in [6.07, 6.45) is 1.65. The standard InChI is InChI=1S/C10H15N4O5P/c1-13-8-7(11-6-12-8)9(15)14(10(13)16)4-2-3-5-20(17,18)19/h6H,2-5H2,1H3,(H,11,12)(H2,17,18,19). The average Bonchev–Trinajstić information content (AvgIpc) is 2.83. The molecule has 2 aromatic heterocycles. The van der Waals surface area contributed by atoms with Gasteiger partial charge in [-0.1, -0.05) is 0 Å². The zero-order chi connectivity index (χ0) is 14.9. The number of H-pyrrole nitrogens is 1. The van der Waals surface area contributed by atoms with Crippen LogP contribution in [-0.4, -0.2) is 35.1 Å². The molecule has 2 rings (SSSR count). The molecule has 0 radical (unpaired) electrons. The minimum absolute atomic E-state index is 0.112. The van der Waals surface area contributed by atoms with E-state index >= 15 is 0 Å². The van der Waals surface area contributed by atoms with Crippen molar-refractivity contribution in [1.29, 1.82) is 0 Å². The molecule has 0 spiro atoms. The molecule has 2 aromatic rings. The van der Waals surface area contributed by atoms with Gasteiger partial charge in [0.25, 0.3) is 5.56 Å². The fourth-order valence-corrected chi connectivity index (χ4v) is 2.61. The fourth-order valence-electron chi connectivity index (χ4n) is 1.98. The predicted molar refractivity (Wildman–Crippen MR) is 71.7 cm³/mol. The minimum Gasteiger partial charge on any atom is -0.339 e. The van der Waals surface area contributed by atoms with E-state index in [0.717, 1.165) is 4.57 Å². The first-order valence-corrected chi connectivity index (χ1v) is 7.78. The molecule has 0 bridgehead atoms. The Bertz CT molecular complexity index is 783. The highest BCUT2D eigenvalue weighted by atomic mass is 31.2. The van der Waals surface area contributed by atoms with Crippen LogP contribution in [-0.2, 0) is 18.2 Å². The van der Waals surface area contributed by atoms with E-state index in [0.29, 0.717) is 6.42 Å². The number of imidazole rings is 1. The number of hydrogen-bond acceptors (Lipinski definition) is 4. The monoisotopic (exact) mass is 302 g/mol. The largest absolute Gasteiger partial charge is 0.339 e. The van der Waals surface area contributed by atoms with E-state index in [9.17, 15) is 14.2 Å². The number of unbranched alkanes of at least 4 members (excludes halogenated alkanes) is 1. The predicted octanol–water partition coefficient (Wildman–Crippen LogP) is -0.619. The van der Waals surface area contributed by atoms with Crippen molar-refractivity contribution in [2.24, 2.45) is 7.05 Å². The third kappa shape index (κ3) is 2.90. The molecule has 0 unspecified atom stereocenters. The van der Waals surface area contributed by atoms with Crippen LogP contribution in [0.3, 0.4) is 0 Å². The Morgan fingerprint density at radius 1 is 1.35 bits per heavy atom. The van der Waals surface area contributed by atoms with E-state index < -0.39 is 18.8 Å². The van der Waals surface area contributed by atoms with Gasteiger partial charge in [0.05, 0.1) is 6.33 Å². The van der Waals surface area contributed by atoms with Crippen LogP contribution < -0.4 is 11.2 Å². The number of hydrogen-bond donors (Lipinski definition) is 3. The lowest BCUT2D eigenvalue weighted by atomic mass is 10.3. The maximum atomic E-state index is 12.1. The fraction of sp³-hybridized carbons (Fsp3) is 0.500. The molecule has 10 heteroatoms. The van der Waals surface area contributed by atoms with Crippen molar-refractivity contribution in [1.82, 2.24) is 19.1 Å². The molecule has 2 heterocycles. The third-order valence-electron chi connectivity index (χ3n) is 3.00. The molecule has 0 amide bonds. The number of aromatic nitrogens is 4. The summed E-state index contributed by atoms with van der Waals surface area (Å²) < 4.78 is 13.0. The van der Waals surface area contributed by atoms with Gasteiger partial charge < -0.3 is 14.8 Å². The van der Waals surface area contributed by atoms with Gasteiger partial charge in [-0.3, -0.25) is 18.5 Å². The van der Waals surface area contributed by atoms with Crippen LogP contribution in [0, 0.1) is 0 Å². The van der Waals surface area contributed by atoms with E-state index in [1.807, 2.05) is 0 Å². The van der Waals surface area contributed by atoms with Crippen LogP contribution in [0.4, 0.5) is 0 Å². The second kappa shape index (κ2) is 5.35. The SMILES string of the molecule is Cn1c(=O)n(CCCCP(=O)(O)O)c(=O)c2[nH]cnc21. The van der Waals surface area contributed by atoms with Crippen LogP contribution in [0.2, 0.25) is 0 Å². The molecule has 0 saturated heterocycles. The molecular formula is C10H15N4O5P. The second-order valence-electron chi connectivity index (χ2n) is 4.49. The second-order valence-corrected chi connectivity index (χ2v) is 6.27. The summed E-state index contributed by atoms with van der Waals surface area (Å²) in [6.45, 7) is 0.112. The lowest BCUT2D eigenvalue weighted by Crippen LogP contribution is -2.39. The molecule has 3 N–H and O–H groups in total. The van der Waals surface area contributed by atoms with Gasteiger partial charge in [0.1, 0.15) is 5.52 Å². The maximum Gasteiger partial charge on any atom is 0.332 e. The zero-order valence-corrected chi connectivity index (χ0v) is 11.7. The maximum absolute atomic E-state index is 12.1. The van der Waals surface area contributed by atoms with Crippen LogP contribution >= 0.6 is 7.60 Å². The zero-order valence-electron chi connectivity index (χ0n) is 10.8. The Morgan fingerprint density at radius 3 is 2.70 bits per heavy atom. The van der Waals surface area contributed by atoms with Gasteiger partial charge in [-0.2, -0.15) is 0 Å². The van der Waals surface area contributed by atoms with E-state index in [4.69, 9.17) is 9.79 Å². The van der Waals surface area contributed by atoms with E-state index in [2.05, 4.69) is 9.97 Å². The highest BCUT2D eigenvalue weighted by Crippen LogP contribution is 2.35. The Labute approximate surface area is 113 Å². The number of nitrogens with zero attached hydrogens (tertiary/aromatic N) is 3. The smallest absolute Gasteiger partial charge is 0.332 e. The van der Waals surface area contributed by atoms with Crippen molar-refractivity contribution in [2.75, 3.05) is 6.16 Å². The number of aryl methyl sites for hydroxylation is 1. The molecule has 110 valence electrons. The van der Waals surface area contributed by atoms with Crippen molar-refractivity contribution < 1.29 is 14.4 Å². The molecule has 0 aliphatic rings. The molecular weight excluding hydrogens is 287 g/mol. The first-order chi connectivity index (χ1) is 9.31. The Morgan fingerprint density at radius 2 is 2.05 bits per heavy atom. The molecule has 0 atom stereocenters. The van der Waals surface area contributed by atoms with Gasteiger partial charge in [-0.15, -0.1) is 0 Å². The molecule has 20 heavy (non-hydrogen) atoms. The molecule has 0 aliphatic heterocycles. The third-order valence-corrected chi connectivity index (χ3v) is 3.89. The number of fused-ring (bicyclic) bond motifs is 1. The van der Waals surface area contributed by atoms with Crippen LogP contribution in [0.25, 0.3) is 11.2 Å². The van der Waals surface area contributed by atoms with Crippen molar-refractivity contribution in [3.8, 4) is 0 Å².